The number of carbonyl (C=O) groups is 1. The highest BCUT2D eigenvalue weighted by atomic mass is 16.5. The summed E-state index contributed by atoms with van der Waals surface area (Å²) in [7, 11) is 0. The van der Waals surface area contributed by atoms with E-state index in [4.69, 9.17) is 10.5 Å². The number of nitrogens with two attached hydrogens (primary N) is 1. The zero-order valence-electron chi connectivity index (χ0n) is 8.56. The number of aliphatic hydroxyl groups is 1. The molecular formula is C9H18N2O3. The molecule has 1 aliphatic heterocycles. The molecule has 82 valence electrons. The number of ether oxygens (including phenoxy) is 1. The first-order chi connectivity index (χ1) is 6.52. The second-order valence-corrected chi connectivity index (χ2v) is 3.87. The summed E-state index contributed by atoms with van der Waals surface area (Å²) in [5.74, 6) is -0.377. The van der Waals surface area contributed by atoms with Gasteiger partial charge in [0.1, 0.15) is 0 Å². The van der Waals surface area contributed by atoms with Crippen molar-refractivity contribution < 1.29 is 14.6 Å². The number of amides is 1. The number of hydrogen-bond acceptors (Lipinski definition) is 4. The molecule has 0 radical (unpaired) electrons. The van der Waals surface area contributed by atoms with Gasteiger partial charge in [-0.2, -0.15) is 0 Å². The highest BCUT2D eigenvalue weighted by molar-refractivity contribution is 5.79. The monoisotopic (exact) mass is 202 g/mol. The average molecular weight is 202 g/mol. The van der Waals surface area contributed by atoms with E-state index in [9.17, 15) is 9.90 Å². The van der Waals surface area contributed by atoms with Gasteiger partial charge in [0.2, 0.25) is 5.91 Å². The van der Waals surface area contributed by atoms with Gasteiger partial charge < -0.3 is 20.9 Å². The predicted molar refractivity (Wildman–Crippen MR) is 51.6 cm³/mol. The standard InChI is InChI=1S/C9H18N2O3/c1-5(6(2)10)9(13)11-7-3-14-4-8(7)12/h5-8,12H,3-4,10H2,1-2H3,(H,11,13). The minimum atomic E-state index is -0.598. The van der Waals surface area contributed by atoms with Gasteiger partial charge in [0.15, 0.2) is 0 Å². The molecule has 0 spiro atoms. The third-order valence-corrected chi connectivity index (χ3v) is 2.58. The molecule has 1 heterocycles. The van der Waals surface area contributed by atoms with Crippen LogP contribution in [-0.4, -0.2) is 42.4 Å². The van der Waals surface area contributed by atoms with E-state index in [1.165, 1.54) is 0 Å². The molecule has 0 aromatic heterocycles. The SMILES string of the molecule is CC(N)C(C)C(=O)NC1COCC1O. The molecule has 1 fully saturated rings. The van der Waals surface area contributed by atoms with Gasteiger partial charge in [0.05, 0.1) is 25.4 Å². The van der Waals surface area contributed by atoms with E-state index in [1.54, 1.807) is 13.8 Å². The van der Waals surface area contributed by atoms with Crippen LogP contribution in [0.1, 0.15) is 13.8 Å². The second-order valence-electron chi connectivity index (χ2n) is 3.87. The van der Waals surface area contributed by atoms with E-state index in [0.717, 1.165) is 0 Å². The molecule has 4 N–H and O–H groups in total. The maximum absolute atomic E-state index is 11.5. The Balaban J connectivity index is 2.40. The fourth-order valence-corrected chi connectivity index (χ4v) is 1.23. The Morgan fingerprint density at radius 2 is 2.21 bits per heavy atom. The Hall–Kier alpha value is -0.650. The van der Waals surface area contributed by atoms with Crippen LogP contribution >= 0.6 is 0 Å². The van der Waals surface area contributed by atoms with Crippen molar-refractivity contribution in [1.82, 2.24) is 5.32 Å². The van der Waals surface area contributed by atoms with Crippen molar-refractivity contribution in [2.45, 2.75) is 32.0 Å². The molecule has 0 aromatic carbocycles. The first-order valence-corrected chi connectivity index (χ1v) is 4.84. The molecule has 0 aliphatic carbocycles. The molecule has 4 unspecified atom stereocenters. The van der Waals surface area contributed by atoms with Gasteiger partial charge in [-0.1, -0.05) is 6.92 Å². The fraction of sp³-hybridized carbons (Fsp3) is 0.889. The molecule has 1 saturated heterocycles. The van der Waals surface area contributed by atoms with Crippen molar-refractivity contribution >= 4 is 5.91 Å². The Morgan fingerprint density at radius 3 is 2.64 bits per heavy atom. The summed E-state index contributed by atoms with van der Waals surface area (Å²) in [4.78, 5) is 11.5. The van der Waals surface area contributed by atoms with Crippen LogP contribution in [-0.2, 0) is 9.53 Å². The zero-order valence-corrected chi connectivity index (χ0v) is 8.56. The average Bonchev–Trinajstić information content (AvgIpc) is 2.50. The van der Waals surface area contributed by atoms with Crippen LogP contribution in [0.3, 0.4) is 0 Å². The van der Waals surface area contributed by atoms with Crippen LogP contribution in [0.5, 0.6) is 0 Å². The van der Waals surface area contributed by atoms with E-state index >= 15 is 0 Å². The molecule has 5 heteroatoms. The lowest BCUT2D eigenvalue weighted by Crippen LogP contribution is -2.47. The maximum atomic E-state index is 11.5. The van der Waals surface area contributed by atoms with Crippen LogP contribution in [0.15, 0.2) is 0 Å². The van der Waals surface area contributed by atoms with Gasteiger partial charge in [-0.05, 0) is 6.92 Å². The fourth-order valence-electron chi connectivity index (χ4n) is 1.23. The smallest absolute Gasteiger partial charge is 0.224 e. The van der Waals surface area contributed by atoms with Crippen molar-refractivity contribution in [3.8, 4) is 0 Å². The van der Waals surface area contributed by atoms with Crippen LogP contribution in [0.4, 0.5) is 0 Å². The summed E-state index contributed by atoms with van der Waals surface area (Å²) in [6.07, 6.45) is -0.598. The maximum Gasteiger partial charge on any atom is 0.224 e. The van der Waals surface area contributed by atoms with Gasteiger partial charge in [-0.3, -0.25) is 4.79 Å². The number of aliphatic hydroxyl groups excluding tert-OH is 1. The Labute approximate surface area is 83.6 Å². The molecule has 1 rings (SSSR count). The van der Waals surface area contributed by atoms with Crippen LogP contribution < -0.4 is 11.1 Å². The molecule has 0 aromatic rings. The zero-order chi connectivity index (χ0) is 10.7. The molecular weight excluding hydrogens is 184 g/mol. The summed E-state index contributed by atoms with van der Waals surface area (Å²) in [6, 6.07) is -0.474. The van der Waals surface area contributed by atoms with Crippen molar-refractivity contribution in [3.05, 3.63) is 0 Å². The minimum Gasteiger partial charge on any atom is -0.388 e. The van der Waals surface area contributed by atoms with Gasteiger partial charge in [-0.25, -0.2) is 0 Å². The lowest BCUT2D eigenvalue weighted by molar-refractivity contribution is -0.126. The van der Waals surface area contributed by atoms with E-state index < -0.39 is 6.10 Å². The quantitative estimate of drug-likeness (QED) is 0.539. The summed E-state index contributed by atoms with van der Waals surface area (Å²) < 4.78 is 5.01. The van der Waals surface area contributed by atoms with Crippen LogP contribution in [0.25, 0.3) is 0 Å². The minimum absolute atomic E-state index is 0.130. The highest BCUT2D eigenvalue weighted by Gasteiger charge is 2.29. The van der Waals surface area contributed by atoms with E-state index in [1.807, 2.05) is 0 Å². The second kappa shape index (κ2) is 4.72. The summed E-state index contributed by atoms with van der Waals surface area (Å²) in [5.41, 5.74) is 5.59. The van der Waals surface area contributed by atoms with Gasteiger partial charge >= 0.3 is 0 Å². The number of carbonyl (C=O) groups excluding carboxylic acids is 1. The topological polar surface area (TPSA) is 84.6 Å². The van der Waals surface area contributed by atoms with E-state index in [-0.39, 0.29) is 30.5 Å². The Bertz CT molecular complexity index is 208. The molecule has 0 saturated carbocycles. The summed E-state index contributed by atoms with van der Waals surface area (Å²) >= 11 is 0. The summed E-state index contributed by atoms with van der Waals surface area (Å²) in [6.45, 7) is 4.21. The lowest BCUT2D eigenvalue weighted by atomic mass is 10.0. The molecule has 1 aliphatic rings. The van der Waals surface area contributed by atoms with Gasteiger partial charge in [0.25, 0.3) is 0 Å². The number of nitrogens with one attached hydrogen (secondary N) is 1. The van der Waals surface area contributed by atoms with E-state index in [2.05, 4.69) is 5.32 Å². The van der Waals surface area contributed by atoms with Crippen molar-refractivity contribution in [1.29, 1.82) is 0 Å². The van der Waals surface area contributed by atoms with Gasteiger partial charge in [0, 0.05) is 12.0 Å². The lowest BCUT2D eigenvalue weighted by Gasteiger charge is -2.20. The molecule has 5 nitrogen and oxygen atoms in total. The first kappa shape index (κ1) is 11.4. The summed E-state index contributed by atoms with van der Waals surface area (Å²) in [5, 5.41) is 12.1. The molecule has 1 amide bonds. The predicted octanol–water partition coefficient (Wildman–Crippen LogP) is -1.15. The highest BCUT2D eigenvalue weighted by Crippen LogP contribution is 2.07. The van der Waals surface area contributed by atoms with Crippen LogP contribution in [0, 0.1) is 5.92 Å². The molecule has 14 heavy (non-hydrogen) atoms. The first-order valence-electron chi connectivity index (χ1n) is 4.84. The third kappa shape index (κ3) is 2.67. The van der Waals surface area contributed by atoms with Crippen molar-refractivity contribution in [3.63, 3.8) is 0 Å². The van der Waals surface area contributed by atoms with Crippen molar-refractivity contribution in [2.75, 3.05) is 13.2 Å². The Morgan fingerprint density at radius 1 is 1.57 bits per heavy atom. The Kier molecular flexibility index (Phi) is 3.86. The van der Waals surface area contributed by atoms with Gasteiger partial charge in [-0.15, -0.1) is 0 Å². The number of rotatable bonds is 3. The van der Waals surface area contributed by atoms with E-state index in [0.29, 0.717) is 6.61 Å². The molecule has 0 bridgehead atoms. The number of hydrogen-bond donors (Lipinski definition) is 3. The largest absolute Gasteiger partial charge is 0.388 e. The van der Waals surface area contributed by atoms with Crippen LogP contribution in [0.2, 0.25) is 0 Å². The third-order valence-electron chi connectivity index (χ3n) is 2.58. The normalized spacial score (nSPS) is 31.1. The van der Waals surface area contributed by atoms with Crippen molar-refractivity contribution in [2.24, 2.45) is 11.7 Å². The molecule has 4 atom stereocenters.